The largest absolute Gasteiger partial charge is 0.336 e. The molecule has 2 heterocycles. The number of carbonyl (C=O) groups excluding carboxylic acids is 1. The van der Waals surface area contributed by atoms with E-state index in [0.717, 1.165) is 36.1 Å². The summed E-state index contributed by atoms with van der Waals surface area (Å²) in [6.45, 7) is 1.49. The summed E-state index contributed by atoms with van der Waals surface area (Å²) < 4.78 is 1.77. The van der Waals surface area contributed by atoms with E-state index in [1.807, 2.05) is 48.6 Å². The minimum Gasteiger partial charge on any atom is -0.336 e. The number of aryl methyl sites for hydroxylation is 1. The zero-order chi connectivity index (χ0) is 16.0. The molecular formula is C18H22N4O. The topological polar surface area (TPSA) is 64.2 Å². The Kier molecular flexibility index (Phi) is 3.27. The molecule has 1 aromatic carbocycles. The smallest absolute Gasteiger partial charge is 0.253 e. The first-order valence-corrected chi connectivity index (χ1v) is 8.21. The number of nitrogens with two attached hydrogens (primary N) is 1. The molecule has 1 unspecified atom stereocenters. The molecule has 5 heteroatoms. The molecule has 0 bridgehead atoms. The Bertz CT molecular complexity index is 747. The zero-order valence-electron chi connectivity index (χ0n) is 13.4. The van der Waals surface area contributed by atoms with E-state index in [-0.39, 0.29) is 17.4 Å². The Morgan fingerprint density at radius 2 is 2.17 bits per heavy atom. The van der Waals surface area contributed by atoms with Gasteiger partial charge in [-0.1, -0.05) is 18.6 Å². The summed E-state index contributed by atoms with van der Waals surface area (Å²) >= 11 is 0. The zero-order valence-corrected chi connectivity index (χ0v) is 13.4. The molecule has 120 valence electrons. The molecule has 23 heavy (non-hydrogen) atoms. The summed E-state index contributed by atoms with van der Waals surface area (Å²) in [5.74, 6) is 0.0926. The SMILES string of the molecule is Cn1cc(-c2cccc(C(=O)N3CC(N)C4(CCC4)C3)c2)cn1. The van der Waals surface area contributed by atoms with Crippen molar-refractivity contribution in [2.75, 3.05) is 13.1 Å². The van der Waals surface area contributed by atoms with Crippen molar-refractivity contribution >= 4 is 5.91 Å². The van der Waals surface area contributed by atoms with Crippen LogP contribution < -0.4 is 5.73 Å². The van der Waals surface area contributed by atoms with Crippen molar-refractivity contribution in [1.29, 1.82) is 0 Å². The van der Waals surface area contributed by atoms with Crippen LogP contribution in [0.4, 0.5) is 0 Å². The summed E-state index contributed by atoms with van der Waals surface area (Å²) in [6.07, 6.45) is 7.34. The van der Waals surface area contributed by atoms with Gasteiger partial charge in [0.2, 0.25) is 0 Å². The van der Waals surface area contributed by atoms with Crippen LogP contribution in [0.1, 0.15) is 29.6 Å². The second kappa shape index (κ2) is 5.20. The molecule has 1 aromatic heterocycles. The van der Waals surface area contributed by atoms with E-state index in [4.69, 9.17) is 5.73 Å². The van der Waals surface area contributed by atoms with Crippen LogP contribution in [0, 0.1) is 5.41 Å². The second-order valence-electron chi connectivity index (χ2n) is 6.99. The highest BCUT2D eigenvalue weighted by Crippen LogP contribution is 2.47. The Morgan fingerprint density at radius 3 is 2.78 bits per heavy atom. The van der Waals surface area contributed by atoms with E-state index >= 15 is 0 Å². The fourth-order valence-electron chi connectivity index (χ4n) is 3.89. The Balaban J connectivity index is 1.57. The molecular weight excluding hydrogens is 288 g/mol. The predicted octanol–water partition coefficient (Wildman–Crippen LogP) is 2.04. The third-order valence-electron chi connectivity index (χ3n) is 5.49. The molecule has 1 aliphatic heterocycles. The maximum absolute atomic E-state index is 12.9. The highest BCUT2D eigenvalue weighted by molar-refractivity contribution is 5.95. The molecule has 1 atom stereocenters. The van der Waals surface area contributed by atoms with Gasteiger partial charge in [0.25, 0.3) is 5.91 Å². The van der Waals surface area contributed by atoms with Crippen LogP contribution in [0.3, 0.4) is 0 Å². The van der Waals surface area contributed by atoms with Crippen LogP contribution in [0.25, 0.3) is 11.1 Å². The van der Waals surface area contributed by atoms with Gasteiger partial charge in [0.15, 0.2) is 0 Å². The molecule has 4 rings (SSSR count). The lowest BCUT2D eigenvalue weighted by Crippen LogP contribution is -2.45. The summed E-state index contributed by atoms with van der Waals surface area (Å²) in [7, 11) is 1.89. The van der Waals surface area contributed by atoms with E-state index in [9.17, 15) is 4.79 Å². The van der Waals surface area contributed by atoms with Crippen molar-refractivity contribution in [1.82, 2.24) is 14.7 Å². The molecule has 1 amide bonds. The third-order valence-corrected chi connectivity index (χ3v) is 5.49. The number of hydrogen-bond acceptors (Lipinski definition) is 3. The number of hydrogen-bond donors (Lipinski definition) is 1. The number of benzene rings is 1. The van der Waals surface area contributed by atoms with Gasteiger partial charge in [0.05, 0.1) is 6.20 Å². The third kappa shape index (κ3) is 2.36. The van der Waals surface area contributed by atoms with Crippen LogP contribution in [0.2, 0.25) is 0 Å². The van der Waals surface area contributed by atoms with Gasteiger partial charge in [-0.15, -0.1) is 0 Å². The van der Waals surface area contributed by atoms with Gasteiger partial charge in [0, 0.05) is 48.9 Å². The molecule has 1 saturated carbocycles. The van der Waals surface area contributed by atoms with Crippen molar-refractivity contribution in [2.45, 2.75) is 25.3 Å². The number of rotatable bonds is 2. The monoisotopic (exact) mass is 310 g/mol. The first kappa shape index (κ1) is 14.5. The molecule has 2 aliphatic rings. The van der Waals surface area contributed by atoms with Crippen molar-refractivity contribution in [3.05, 3.63) is 42.2 Å². The molecule has 1 spiro atoms. The Hall–Kier alpha value is -2.14. The lowest BCUT2D eigenvalue weighted by atomic mass is 9.66. The normalized spacial score (nSPS) is 22.3. The van der Waals surface area contributed by atoms with Gasteiger partial charge in [-0.2, -0.15) is 5.10 Å². The lowest BCUT2D eigenvalue weighted by Gasteiger charge is -2.41. The molecule has 0 radical (unpaired) electrons. The van der Waals surface area contributed by atoms with E-state index in [2.05, 4.69) is 5.10 Å². The van der Waals surface area contributed by atoms with Crippen molar-refractivity contribution in [3.63, 3.8) is 0 Å². The number of carbonyl (C=O) groups is 1. The van der Waals surface area contributed by atoms with Crippen molar-refractivity contribution < 1.29 is 4.79 Å². The highest BCUT2D eigenvalue weighted by atomic mass is 16.2. The highest BCUT2D eigenvalue weighted by Gasteiger charge is 2.49. The van der Waals surface area contributed by atoms with Gasteiger partial charge in [-0.25, -0.2) is 0 Å². The van der Waals surface area contributed by atoms with Gasteiger partial charge in [0.1, 0.15) is 0 Å². The van der Waals surface area contributed by atoms with Crippen molar-refractivity contribution in [3.8, 4) is 11.1 Å². The molecule has 2 N–H and O–H groups in total. The second-order valence-corrected chi connectivity index (χ2v) is 6.99. The number of amides is 1. The van der Waals surface area contributed by atoms with Gasteiger partial charge in [-0.05, 0) is 30.5 Å². The summed E-state index contributed by atoms with van der Waals surface area (Å²) in [6, 6.07) is 7.92. The van der Waals surface area contributed by atoms with Crippen LogP contribution in [-0.4, -0.2) is 39.7 Å². The van der Waals surface area contributed by atoms with Crippen LogP contribution in [0.15, 0.2) is 36.7 Å². The van der Waals surface area contributed by atoms with E-state index in [1.54, 1.807) is 4.68 Å². The standard InChI is InChI=1S/C18H22N4O/c1-21-10-15(9-20-21)13-4-2-5-14(8-13)17(23)22-11-16(19)18(12-22)6-3-7-18/h2,4-5,8-10,16H,3,6-7,11-12,19H2,1H3. The fraction of sp³-hybridized carbons (Fsp3) is 0.444. The molecule has 1 aliphatic carbocycles. The number of likely N-dealkylation sites (tertiary alicyclic amines) is 1. The summed E-state index contributed by atoms with van der Waals surface area (Å²) in [5, 5.41) is 4.20. The van der Waals surface area contributed by atoms with Gasteiger partial charge >= 0.3 is 0 Å². The van der Waals surface area contributed by atoms with Crippen LogP contribution in [-0.2, 0) is 7.05 Å². The van der Waals surface area contributed by atoms with E-state index < -0.39 is 0 Å². The quantitative estimate of drug-likeness (QED) is 0.923. The molecule has 5 nitrogen and oxygen atoms in total. The van der Waals surface area contributed by atoms with Crippen LogP contribution >= 0.6 is 0 Å². The first-order valence-electron chi connectivity index (χ1n) is 8.21. The van der Waals surface area contributed by atoms with E-state index in [1.165, 1.54) is 6.42 Å². The fourth-order valence-corrected chi connectivity index (χ4v) is 3.89. The Morgan fingerprint density at radius 1 is 1.35 bits per heavy atom. The molecule has 2 aromatic rings. The van der Waals surface area contributed by atoms with Gasteiger partial charge < -0.3 is 10.6 Å². The number of aromatic nitrogens is 2. The molecule has 1 saturated heterocycles. The Labute approximate surface area is 136 Å². The summed E-state index contributed by atoms with van der Waals surface area (Å²) in [4.78, 5) is 14.8. The molecule has 2 fully saturated rings. The minimum absolute atomic E-state index is 0.0926. The van der Waals surface area contributed by atoms with Gasteiger partial charge in [-0.3, -0.25) is 9.48 Å². The lowest BCUT2D eigenvalue weighted by molar-refractivity contribution is 0.0726. The van der Waals surface area contributed by atoms with E-state index in [0.29, 0.717) is 6.54 Å². The predicted molar refractivity (Wildman–Crippen MR) is 88.8 cm³/mol. The first-order chi connectivity index (χ1) is 11.1. The van der Waals surface area contributed by atoms with Crippen LogP contribution in [0.5, 0.6) is 0 Å². The average molecular weight is 310 g/mol. The maximum Gasteiger partial charge on any atom is 0.253 e. The summed E-state index contributed by atoms with van der Waals surface area (Å²) in [5.41, 5.74) is 9.27. The number of nitrogens with zero attached hydrogens (tertiary/aromatic N) is 3. The minimum atomic E-state index is 0.0926. The van der Waals surface area contributed by atoms with Crippen molar-refractivity contribution in [2.24, 2.45) is 18.2 Å². The maximum atomic E-state index is 12.9. The average Bonchev–Trinajstić information content (AvgIpc) is 3.10.